The summed E-state index contributed by atoms with van der Waals surface area (Å²) >= 11 is 0. The number of aliphatic hydroxyl groups is 2. The summed E-state index contributed by atoms with van der Waals surface area (Å²) < 4.78 is 21.8. The second-order valence-corrected chi connectivity index (χ2v) is 12.0. The summed E-state index contributed by atoms with van der Waals surface area (Å²) in [5.41, 5.74) is 5.31. The minimum absolute atomic E-state index is 0.0418. The summed E-state index contributed by atoms with van der Waals surface area (Å²) in [4.78, 5) is 22.4. The topological polar surface area (TPSA) is 151 Å². The fraction of sp³-hybridized carbons (Fsp3) is 0.774. The monoisotopic (exact) mass is 602 g/mol. The Kier molecular flexibility index (Phi) is 26.6. The molecule has 4 atom stereocenters. The Bertz CT molecular complexity index is 761. The fourth-order valence-corrected chi connectivity index (χ4v) is 4.97. The standard InChI is InChI=1S/C31H59N2O7P/c1-3-5-7-9-11-13-15-16-18-20-22-28(34)26-31(36)33-29(27-40-41(37,38)39-25-24-32)30(35)23-21-19-17-14-12-10-8-6-4-2/h4,6,12,14,21,23,28-30,34-35H,3,5,7-11,13,15-20,22,24-27,32H2,1-2H3,(H,33,36)(H,37,38)/b6-4+,14-12+,23-21+. The van der Waals surface area contributed by atoms with Gasteiger partial charge in [-0.3, -0.25) is 13.8 Å². The number of aliphatic hydroxyl groups excluding tert-OH is 2. The van der Waals surface area contributed by atoms with Gasteiger partial charge in [-0.05, 0) is 39.0 Å². The van der Waals surface area contributed by atoms with E-state index in [0.29, 0.717) is 12.8 Å². The van der Waals surface area contributed by atoms with E-state index in [1.807, 2.05) is 13.0 Å². The van der Waals surface area contributed by atoms with Crippen molar-refractivity contribution in [3.05, 3.63) is 36.5 Å². The first-order valence-electron chi connectivity index (χ1n) is 15.7. The van der Waals surface area contributed by atoms with Gasteiger partial charge in [-0.1, -0.05) is 108 Å². The van der Waals surface area contributed by atoms with Crippen LogP contribution < -0.4 is 11.1 Å². The van der Waals surface area contributed by atoms with E-state index in [1.165, 1.54) is 51.0 Å². The molecule has 10 heteroatoms. The maximum Gasteiger partial charge on any atom is 0.472 e. The molecular formula is C31H59N2O7P. The average molecular weight is 603 g/mol. The number of hydrogen-bond donors (Lipinski definition) is 5. The van der Waals surface area contributed by atoms with E-state index in [0.717, 1.165) is 38.5 Å². The van der Waals surface area contributed by atoms with Crippen LogP contribution in [0.2, 0.25) is 0 Å². The van der Waals surface area contributed by atoms with Crippen LogP contribution in [-0.4, -0.2) is 59.0 Å². The van der Waals surface area contributed by atoms with Crippen molar-refractivity contribution < 1.29 is 33.5 Å². The zero-order valence-corrected chi connectivity index (χ0v) is 26.5. The highest BCUT2D eigenvalue weighted by molar-refractivity contribution is 7.47. The zero-order valence-electron chi connectivity index (χ0n) is 25.6. The molecule has 0 aliphatic carbocycles. The number of carbonyl (C=O) groups is 1. The minimum atomic E-state index is -4.39. The Hall–Kier alpha value is -1.32. The van der Waals surface area contributed by atoms with Gasteiger partial charge in [-0.2, -0.15) is 0 Å². The summed E-state index contributed by atoms with van der Waals surface area (Å²) in [6, 6.07) is -0.999. The minimum Gasteiger partial charge on any atom is -0.393 e. The number of nitrogens with one attached hydrogen (secondary N) is 1. The van der Waals surface area contributed by atoms with E-state index >= 15 is 0 Å². The van der Waals surface area contributed by atoms with Gasteiger partial charge in [0.25, 0.3) is 0 Å². The molecule has 240 valence electrons. The van der Waals surface area contributed by atoms with Gasteiger partial charge in [-0.25, -0.2) is 4.57 Å². The second-order valence-electron chi connectivity index (χ2n) is 10.5. The summed E-state index contributed by atoms with van der Waals surface area (Å²) in [6.07, 6.45) is 25.5. The van der Waals surface area contributed by atoms with Crippen molar-refractivity contribution in [1.29, 1.82) is 0 Å². The molecule has 9 nitrogen and oxygen atoms in total. The highest BCUT2D eigenvalue weighted by Gasteiger charge is 2.27. The van der Waals surface area contributed by atoms with Gasteiger partial charge in [0.05, 0.1) is 37.9 Å². The molecule has 0 spiro atoms. The molecular weight excluding hydrogens is 543 g/mol. The van der Waals surface area contributed by atoms with Gasteiger partial charge in [0.1, 0.15) is 0 Å². The number of amides is 1. The lowest BCUT2D eigenvalue weighted by atomic mass is 10.0. The Morgan fingerprint density at radius 1 is 0.878 bits per heavy atom. The normalized spacial score (nSPS) is 16.0. The third-order valence-electron chi connectivity index (χ3n) is 6.60. The van der Waals surface area contributed by atoms with E-state index < -0.39 is 38.6 Å². The number of nitrogens with two attached hydrogens (primary N) is 1. The third kappa shape index (κ3) is 26.1. The Morgan fingerprint density at radius 3 is 2.02 bits per heavy atom. The van der Waals surface area contributed by atoms with Crippen LogP contribution in [0.5, 0.6) is 0 Å². The fourth-order valence-electron chi connectivity index (χ4n) is 4.21. The van der Waals surface area contributed by atoms with Gasteiger partial charge < -0.3 is 26.2 Å². The number of unbranched alkanes of at least 4 members (excludes halogenated alkanes) is 11. The lowest BCUT2D eigenvalue weighted by Crippen LogP contribution is -2.46. The molecule has 0 aromatic heterocycles. The van der Waals surface area contributed by atoms with Crippen molar-refractivity contribution in [2.24, 2.45) is 5.73 Å². The SMILES string of the molecule is C/C=C/CC/C=C/CC/C=C/C(O)C(COP(=O)(O)OCCN)NC(=O)CC(O)CCCCCCCCCCCC. The summed E-state index contributed by atoms with van der Waals surface area (Å²) in [5, 5.41) is 23.7. The first-order chi connectivity index (χ1) is 19.8. The second kappa shape index (κ2) is 27.5. The van der Waals surface area contributed by atoms with Gasteiger partial charge in [0, 0.05) is 6.54 Å². The van der Waals surface area contributed by atoms with Crippen LogP contribution >= 0.6 is 7.82 Å². The average Bonchev–Trinajstić information content (AvgIpc) is 2.94. The molecule has 41 heavy (non-hydrogen) atoms. The van der Waals surface area contributed by atoms with Crippen molar-refractivity contribution in [2.45, 2.75) is 135 Å². The number of hydrogen-bond acceptors (Lipinski definition) is 7. The molecule has 0 aromatic rings. The number of rotatable bonds is 28. The van der Waals surface area contributed by atoms with Crippen LogP contribution in [0.4, 0.5) is 0 Å². The molecule has 0 aromatic carbocycles. The molecule has 0 heterocycles. The van der Waals surface area contributed by atoms with E-state index in [-0.39, 0.29) is 19.6 Å². The number of allylic oxidation sites excluding steroid dienone is 5. The maximum atomic E-state index is 12.6. The van der Waals surface area contributed by atoms with Gasteiger partial charge >= 0.3 is 7.82 Å². The molecule has 0 rings (SSSR count). The largest absolute Gasteiger partial charge is 0.472 e. The van der Waals surface area contributed by atoms with E-state index in [2.05, 4.69) is 30.5 Å². The lowest BCUT2D eigenvalue weighted by Gasteiger charge is -2.24. The van der Waals surface area contributed by atoms with Crippen LogP contribution in [0.1, 0.15) is 117 Å². The van der Waals surface area contributed by atoms with Crippen LogP contribution in [0.25, 0.3) is 0 Å². The highest BCUT2D eigenvalue weighted by atomic mass is 31.2. The molecule has 0 saturated heterocycles. The number of phosphoric ester groups is 1. The van der Waals surface area contributed by atoms with Crippen LogP contribution in [-0.2, 0) is 18.4 Å². The predicted octanol–water partition coefficient (Wildman–Crippen LogP) is 6.24. The number of carbonyl (C=O) groups excluding carboxylic acids is 1. The predicted molar refractivity (Wildman–Crippen MR) is 167 cm³/mol. The molecule has 0 fully saturated rings. The zero-order chi connectivity index (χ0) is 30.6. The number of phosphoric acid groups is 1. The van der Waals surface area contributed by atoms with Crippen molar-refractivity contribution in [3.8, 4) is 0 Å². The Balaban J connectivity index is 4.62. The molecule has 6 N–H and O–H groups in total. The van der Waals surface area contributed by atoms with Crippen molar-refractivity contribution in [3.63, 3.8) is 0 Å². The molecule has 4 unspecified atom stereocenters. The van der Waals surface area contributed by atoms with E-state index in [9.17, 15) is 24.5 Å². The van der Waals surface area contributed by atoms with Crippen molar-refractivity contribution in [1.82, 2.24) is 5.32 Å². The Labute approximate surface area is 249 Å². The van der Waals surface area contributed by atoms with E-state index in [4.69, 9.17) is 14.8 Å². The molecule has 1 amide bonds. The van der Waals surface area contributed by atoms with Crippen LogP contribution in [0.15, 0.2) is 36.5 Å². The molecule has 0 bridgehead atoms. The van der Waals surface area contributed by atoms with Gasteiger partial charge in [0.15, 0.2) is 0 Å². The van der Waals surface area contributed by atoms with Gasteiger partial charge in [0.2, 0.25) is 5.91 Å². The first kappa shape index (κ1) is 39.7. The summed E-state index contributed by atoms with van der Waals surface area (Å²) in [7, 11) is -4.39. The van der Waals surface area contributed by atoms with Crippen molar-refractivity contribution in [2.75, 3.05) is 19.8 Å². The Morgan fingerprint density at radius 2 is 1.44 bits per heavy atom. The summed E-state index contributed by atoms with van der Waals surface area (Å²) in [6.45, 7) is 3.64. The maximum absolute atomic E-state index is 12.6. The molecule has 0 radical (unpaired) electrons. The molecule has 0 saturated carbocycles. The van der Waals surface area contributed by atoms with Gasteiger partial charge in [-0.15, -0.1) is 0 Å². The molecule has 0 aliphatic rings. The highest BCUT2D eigenvalue weighted by Crippen LogP contribution is 2.43. The lowest BCUT2D eigenvalue weighted by molar-refractivity contribution is -0.124. The van der Waals surface area contributed by atoms with Crippen LogP contribution in [0.3, 0.4) is 0 Å². The first-order valence-corrected chi connectivity index (χ1v) is 17.2. The smallest absolute Gasteiger partial charge is 0.393 e. The third-order valence-corrected chi connectivity index (χ3v) is 7.58. The quantitative estimate of drug-likeness (QED) is 0.0401. The summed E-state index contributed by atoms with van der Waals surface area (Å²) in [5.74, 6) is -0.467. The van der Waals surface area contributed by atoms with Crippen LogP contribution in [0, 0.1) is 0 Å². The molecule has 0 aliphatic heterocycles. The van der Waals surface area contributed by atoms with E-state index in [1.54, 1.807) is 6.08 Å². The van der Waals surface area contributed by atoms with Crippen molar-refractivity contribution >= 4 is 13.7 Å².